The number of nitrogens with one attached hydrogen (secondary N) is 1. The number of anilines is 2. The minimum Gasteiger partial charge on any atom is -0.399 e. The van der Waals surface area contributed by atoms with Crippen LogP contribution in [-0.4, -0.2) is 29.0 Å². The number of carbonyl (C=O) groups is 2. The van der Waals surface area contributed by atoms with Gasteiger partial charge >= 0.3 is 0 Å². The van der Waals surface area contributed by atoms with Gasteiger partial charge in [0.15, 0.2) is 0 Å². The zero-order valence-electron chi connectivity index (χ0n) is 14.2. The molecule has 0 atom stereocenters. The van der Waals surface area contributed by atoms with Gasteiger partial charge in [-0.2, -0.15) is 5.26 Å². The molecule has 1 aromatic heterocycles. The maximum absolute atomic E-state index is 12.3. The molecule has 0 fully saturated rings. The van der Waals surface area contributed by atoms with Crippen LogP contribution in [0.15, 0.2) is 29.2 Å². The minimum atomic E-state index is -0.162. The molecule has 0 radical (unpaired) electrons. The van der Waals surface area contributed by atoms with Crippen LogP contribution < -0.4 is 11.1 Å². The summed E-state index contributed by atoms with van der Waals surface area (Å²) in [6.45, 7) is 2.65. The summed E-state index contributed by atoms with van der Waals surface area (Å²) in [6, 6.07) is 9.53. The lowest BCUT2D eigenvalue weighted by Gasteiger charge is -2.25. The van der Waals surface area contributed by atoms with Gasteiger partial charge in [0, 0.05) is 28.9 Å². The summed E-state index contributed by atoms with van der Waals surface area (Å²) in [6.07, 6.45) is 0.643. The number of amides is 2. The lowest BCUT2D eigenvalue weighted by atomic mass is 10.0. The Morgan fingerprint density at radius 2 is 2.12 bits per heavy atom. The molecule has 3 N–H and O–H groups in total. The molecule has 3 rings (SSSR count). The molecule has 0 spiro atoms. The number of nitriles is 1. The van der Waals surface area contributed by atoms with E-state index >= 15 is 0 Å². The third kappa shape index (κ3) is 4.00. The molecule has 8 heteroatoms. The molecule has 1 aliphatic rings. The highest BCUT2D eigenvalue weighted by Crippen LogP contribution is 2.36. The molecular weight excluding hydrogens is 368 g/mol. The van der Waals surface area contributed by atoms with E-state index in [1.54, 1.807) is 24.0 Å². The Kier molecular flexibility index (Phi) is 5.49. The third-order valence-corrected chi connectivity index (χ3v) is 6.26. The van der Waals surface area contributed by atoms with Crippen LogP contribution in [0.3, 0.4) is 0 Å². The van der Waals surface area contributed by atoms with E-state index in [1.165, 1.54) is 23.1 Å². The average Bonchev–Trinajstić information content (AvgIpc) is 2.97. The Morgan fingerprint density at radius 3 is 2.77 bits per heavy atom. The second-order valence-electron chi connectivity index (χ2n) is 5.92. The number of carbonyl (C=O) groups excluding carboxylic acids is 2. The van der Waals surface area contributed by atoms with E-state index in [9.17, 15) is 14.9 Å². The number of thioether (sulfide) groups is 1. The number of thiophene rings is 1. The van der Waals surface area contributed by atoms with Gasteiger partial charge in [-0.3, -0.25) is 9.59 Å². The minimum absolute atomic E-state index is 0.0213. The summed E-state index contributed by atoms with van der Waals surface area (Å²) in [5.74, 6) is 0.107. The maximum Gasteiger partial charge on any atom is 0.235 e. The average molecular weight is 387 g/mol. The van der Waals surface area contributed by atoms with Crippen molar-refractivity contribution in [2.24, 2.45) is 0 Å². The van der Waals surface area contributed by atoms with Crippen LogP contribution in [0.2, 0.25) is 0 Å². The van der Waals surface area contributed by atoms with E-state index in [0.29, 0.717) is 35.8 Å². The van der Waals surface area contributed by atoms with E-state index in [-0.39, 0.29) is 17.6 Å². The molecule has 6 nitrogen and oxygen atoms in total. The Labute approximate surface area is 160 Å². The van der Waals surface area contributed by atoms with Crippen LogP contribution in [0.1, 0.15) is 22.9 Å². The number of fused-ring (bicyclic) bond motifs is 1. The van der Waals surface area contributed by atoms with Crippen LogP contribution >= 0.6 is 23.1 Å². The fourth-order valence-corrected chi connectivity index (χ4v) is 4.68. The first-order chi connectivity index (χ1) is 12.5. The molecule has 26 heavy (non-hydrogen) atoms. The highest BCUT2D eigenvalue weighted by Gasteiger charge is 2.26. The van der Waals surface area contributed by atoms with Crippen molar-refractivity contribution in [3.05, 3.63) is 40.3 Å². The Bertz CT molecular complexity index is 884. The normalized spacial score (nSPS) is 13.0. The summed E-state index contributed by atoms with van der Waals surface area (Å²) < 4.78 is 0. The smallest absolute Gasteiger partial charge is 0.235 e. The zero-order chi connectivity index (χ0) is 18.7. The van der Waals surface area contributed by atoms with E-state index in [0.717, 1.165) is 15.3 Å². The van der Waals surface area contributed by atoms with Gasteiger partial charge in [0.25, 0.3) is 0 Å². The van der Waals surface area contributed by atoms with Crippen LogP contribution in [-0.2, 0) is 22.6 Å². The van der Waals surface area contributed by atoms with Crippen molar-refractivity contribution in [3.63, 3.8) is 0 Å². The van der Waals surface area contributed by atoms with Gasteiger partial charge in [0.2, 0.25) is 11.8 Å². The molecule has 0 aliphatic carbocycles. The second kappa shape index (κ2) is 7.81. The van der Waals surface area contributed by atoms with Crippen molar-refractivity contribution >= 4 is 45.6 Å². The highest BCUT2D eigenvalue weighted by atomic mass is 32.2. The highest BCUT2D eigenvalue weighted by molar-refractivity contribution is 8.00. The lowest BCUT2D eigenvalue weighted by Crippen LogP contribution is -2.33. The molecule has 0 saturated heterocycles. The quantitative estimate of drug-likeness (QED) is 0.622. The van der Waals surface area contributed by atoms with Gasteiger partial charge in [0.05, 0.1) is 17.9 Å². The van der Waals surface area contributed by atoms with Crippen molar-refractivity contribution in [1.82, 2.24) is 4.90 Å². The summed E-state index contributed by atoms with van der Waals surface area (Å²) >= 11 is 2.80. The van der Waals surface area contributed by atoms with E-state index in [4.69, 9.17) is 5.73 Å². The number of nitrogens with two attached hydrogens (primary N) is 1. The number of benzene rings is 1. The van der Waals surface area contributed by atoms with E-state index in [1.807, 2.05) is 12.1 Å². The van der Waals surface area contributed by atoms with E-state index in [2.05, 4.69) is 11.4 Å². The Hall–Kier alpha value is -2.50. The second-order valence-corrected chi connectivity index (χ2v) is 8.07. The Morgan fingerprint density at radius 1 is 1.38 bits per heavy atom. The molecule has 1 aromatic carbocycles. The maximum atomic E-state index is 12.3. The van der Waals surface area contributed by atoms with Gasteiger partial charge in [-0.15, -0.1) is 23.1 Å². The number of nitrogen functional groups attached to an aromatic ring is 1. The fourth-order valence-electron chi connectivity index (χ4n) is 2.75. The van der Waals surface area contributed by atoms with Crippen LogP contribution in [0.25, 0.3) is 0 Å². The fraction of sp³-hybridized carbons (Fsp3) is 0.278. The summed E-state index contributed by atoms with van der Waals surface area (Å²) in [4.78, 5) is 27.5. The van der Waals surface area contributed by atoms with Crippen molar-refractivity contribution in [2.75, 3.05) is 23.3 Å². The number of hydrogen-bond donors (Lipinski definition) is 2. The Balaban J connectivity index is 1.68. The van der Waals surface area contributed by atoms with Crippen molar-refractivity contribution in [3.8, 4) is 6.07 Å². The molecule has 2 heterocycles. The van der Waals surface area contributed by atoms with Crippen molar-refractivity contribution in [2.45, 2.75) is 24.8 Å². The largest absolute Gasteiger partial charge is 0.399 e. The van der Waals surface area contributed by atoms with Gasteiger partial charge in [-0.25, -0.2) is 0 Å². The predicted molar refractivity (Wildman–Crippen MR) is 104 cm³/mol. The van der Waals surface area contributed by atoms with Crippen molar-refractivity contribution in [1.29, 1.82) is 5.26 Å². The molecule has 0 unspecified atom stereocenters. The first-order valence-corrected chi connectivity index (χ1v) is 9.86. The molecule has 1 aliphatic heterocycles. The number of rotatable bonds is 4. The third-order valence-electron chi connectivity index (χ3n) is 4.12. The SMILES string of the molecule is CC(=O)N1CCc2c(sc(NC(=O)CSc3ccc(N)cc3)c2C#N)C1. The first kappa shape index (κ1) is 18.3. The first-order valence-electron chi connectivity index (χ1n) is 8.06. The van der Waals surface area contributed by atoms with Gasteiger partial charge in [0.1, 0.15) is 11.1 Å². The van der Waals surface area contributed by atoms with E-state index < -0.39 is 0 Å². The number of nitrogens with zero attached hydrogens (tertiary/aromatic N) is 2. The monoisotopic (exact) mass is 386 g/mol. The molecule has 0 saturated carbocycles. The molecular formula is C18H18N4O2S2. The standard InChI is InChI=1S/C18H18N4O2S2/c1-11(23)22-7-6-14-15(8-19)18(26-16(14)9-22)21-17(24)10-25-13-4-2-12(20)3-5-13/h2-5H,6-7,9-10,20H2,1H3,(H,21,24). The molecule has 2 amide bonds. The summed E-state index contributed by atoms with van der Waals surface area (Å²) in [7, 11) is 0. The van der Waals surface area contributed by atoms with Crippen LogP contribution in [0.5, 0.6) is 0 Å². The lowest BCUT2D eigenvalue weighted by molar-refractivity contribution is -0.129. The molecule has 0 bridgehead atoms. The predicted octanol–water partition coefficient (Wildman–Crippen LogP) is 2.84. The van der Waals surface area contributed by atoms with Crippen LogP contribution in [0, 0.1) is 11.3 Å². The molecule has 2 aromatic rings. The van der Waals surface area contributed by atoms with Crippen molar-refractivity contribution < 1.29 is 9.59 Å². The van der Waals surface area contributed by atoms with Gasteiger partial charge in [-0.05, 0) is 36.2 Å². The number of hydrogen-bond acceptors (Lipinski definition) is 6. The van der Waals surface area contributed by atoms with Gasteiger partial charge < -0.3 is 16.0 Å². The van der Waals surface area contributed by atoms with Gasteiger partial charge in [-0.1, -0.05) is 0 Å². The van der Waals surface area contributed by atoms with Crippen LogP contribution in [0.4, 0.5) is 10.7 Å². The summed E-state index contributed by atoms with van der Waals surface area (Å²) in [5, 5.41) is 12.9. The zero-order valence-corrected chi connectivity index (χ0v) is 15.9. The summed E-state index contributed by atoms with van der Waals surface area (Å²) in [5.41, 5.74) is 7.81. The topological polar surface area (TPSA) is 99.2 Å². The molecule has 134 valence electrons.